The molecule has 0 saturated carbocycles. The van der Waals surface area contributed by atoms with Crippen LogP contribution in [-0.4, -0.2) is 10.8 Å². The molecule has 2 rings (SSSR count). The van der Waals surface area contributed by atoms with Crippen LogP contribution in [0.4, 0.5) is 4.39 Å². The van der Waals surface area contributed by atoms with Crippen LogP contribution in [-0.2, 0) is 6.42 Å². The lowest BCUT2D eigenvalue weighted by Crippen LogP contribution is -2.12. The first-order chi connectivity index (χ1) is 9.93. The van der Waals surface area contributed by atoms with Crippen LogP contribution in [0.15, 0.2) is 28.7 Å². The van der Waals surface area contributed by atoms with Crippen molar-refractivity contribution in [2.24, 2.45) is 5.73 Å². The molecule has 1 aromatic carbocycles. The number of benzene rings is 1. The number of nitrogens with one attached hydrogen (secondary N) is 1. The standard InChI is InChI=1S/C15H15BrFN3O/c1-3-10-11(6-4-8(2)20-10)21-12-7-5-9(15(18)19)13(16)14(12)17/h4-7H,3H2,1-2H3,(H3,18,19). The summed E-state index contributed by atoms with van der Waals surface area (Å²) in [5, 5.41) is 7.38. The van der Waals surface area contributed by atoms with Crippen LogP contribution in [0.3, 0.4) is 0 Å². The van der Waals surface area contributed by atoms with E-state index in [-0.39, 0.29) is 21.6 Å². The maximum Gasteiger partial charge on any atom is 0.180 e. The van der Waals surface area contributed by atoms with Gasteiger partial charge in [0.2, 0.25) is 0 Å². The van der Waals surface area contributed by atoms with Crippen LogP contribution >= 0.6 is 15.9 Å². The SMILES string of the molecule is CCc1nc(C)ccc1Oc1ccc(C(=N)N)c(Br)c1F. The zero-order chi connectivity index (χ0) is 15.6. The Hall–Kier alpha value is -1.95. The number of aromatic nitrogens is 1. The third kappa shape index (κ3) is 3.21. The number of amidine groups is 1. The second-order valence-corrected chi connectivity index (χ2v) is 5.30. The van der Waals surface area contributed by atoms with Gasteiger partial charge in [0.25, 0.3) is 0 Å². The Bertz CT molecular complexity index is 704. The highest BCUT2D eigenvalue weighted by molar-refractivity contribution is 9.10. The summed E-state index contributed by atoms with van der Waals surface area (Å²) in [5.74, 6) is -0.222. The zero-order valence-corrected chi connectivity index (χ0v) is 13.3. The lowest BCUT2D eigenvalue weighted by atomic mass is 10.2. The summed E-state index contributed by atoms with van der Waals surface area (Å²) in [4.78, 5) is 4.37. The molecular formula is C15H15BrFN3O. The summed E-state index contributed by atoms with van der Waals surface area (Å²) in [5.41, 5.74) is 7.32. The van der Waals surface area contributed by atoms with Crippen LogP contribution < -0.4 is 10.5 Å². The molecule has 1 aromatic heterocycles. The minimum atomic E-state index is -0.592. The number of rotatable bonds is 4. The molecule has 0 aliphatic heterocycles. The predicted octanol–water partition coefficient (Wildman–Crippen LogP) is 3.93. The van der Waals surface area contributed by atoms with E-state index in [4.69, 9.17) is 15.9 Å². The van der Waals surface area contributed by atoms with Gasteiger partial charge < -0.3 is 10.5 Å². The highest BCUT2D eigenvalue weighted by Crippen LogP contribution is 2.32. The van der Waals surface area contributed by atoms with E-state index in [2.05, 4.69) is 20.9 Å². The van der Waals surface area contributed by atoms with E-state index in [1.54, 1.807) is 6.07 Å². The van der Waals surface area contributed by atoms with Gasteiger partial charge in [-0.3, -0.25) is 10.4 Å². The minimum absolute atomic E-state index is 0.0622. The molecule has 0 bridgehead atoms. The van der Waals surface area contributed by atoms with Crippen molar-refractivity contribution in [1.29, 1.82) is 5.41 Å². The van der Waals surface area contributed by atoms with Gasteiger partial charge in [-0.25, -0.2) is 4.39 Å². The molecular weight excluding hydrogens is 337 g/mol. The van der Waals surface area contributed by atoms with Gasteiger partial charge in [0, 0.05) is 11.3 Å². The molecule has 0 saturated heterocycles. The Morgan fingerprint density at radius 1 is 1.33 bits per heavy atom. The number of hydrogen-bond acceptors (Lipinski definition) is 3. The van der Waals surface area contributed by atoms with Crippen molar-refractivity contribution in [2.45, 2.75) is 20.3 Å². The molecule has 0 aliphatic carbocycles. The van der Waals surface area contributed by atoms with E-state index < -0.39 is 5.82 Å². The van der Waals surface area contributed by atoms with E-state index in [9.17, 15) is 4.39 Å². The quantitative estimate of drug-likeness (QED) is 0.647. The second-order valence-electron chi connectivity index (χ2n) is 4.51. The third-order valence-electron chi connectivity index (χ3n) is 2.96. The molecule has 0 spiro atoms. The Kier molecular flexibility index (Phi) is 4.57. The van der Waals surface area contributed by atoms with Gasteiger partial charge in [0.05, 0.1) is 10.2 Å². The van der Waals surface area contributed by atoms with Crippen molar-refractivity contribution >= 4 is 21.8 Å². The van der Waals surface area contributed by atoms with Crippen molar-refractivity contribution in [1.82, 2.24) is 4.98 Å². The van der Waals surface area contributed by atoms with Crippen LogP contribution in [0.2, 0.25) is 0 Å². The van der Waals surface area contributed by atoms with Crippen molar-refractivity contribution in [3.63, 3.8) is 0 Å². The minimum Gasteiger partial charge on any atom is -0.452 e. The maximum absolute atomic E-state index is 14.3. The summed E-state index contributed by atoms with van der Waals surface area (Å²) in [6.07, 6.45) is 0.686. The van der Waals surface area contributed by atoms with E-state index in [1.165, 1.54) is 12.1 Å². The third-order valence-corrected chi connectivity index (χ3v) is 3.74. The first kappa shape index (κ1) is 15.4. The lowest BCUT2D eigenvalue weighted by molar-refractivity contribution is 0.433. The summed E-state index contributed by atoms with van der Waals surface area (Å²) in [6.45, 7) is 3.85. The van der Waals surface area contributed by atoms with Gasteiger partial charge in [-0.1, -0.05) is 6.92 Å². The van der Waals surface area contributed by atoms with Crippen LogP contribution in [0.5, 0.6) is 11.5 Å². The second kappa shape index (κ2) is 6.22. The Labute approximate surface area is 130 Å². The average Bonchev–Trinajstić information content (AvgIpc) is 2.45. The van der Waals surface area contributed by atoms with Crippen LogP contribution in [0.1, 0.15) is 23.9 Å². The van der Waals surface area contributed by atoms with Gasteiger partial charge in [-0.05, 0) is 53.5 Å². The molecule has 0 unspecified atom stereocenters. The molecule has 0 fully saturated rings. The van der Waals surface area contributed by atoms with E-state index >= 15 is 0 Å². The van der Waals surface area contributed by atoms with E-state index in [1.807, 2.05) is 19.9 Å². The number of nitrogen functional groups attached to an aromatic ring is 1. The molecule has 0 aliphatic rings. The predicted molar refractivity (Wildman–Crippen MR) is 83.5 cm³/mol. The number of nitrogens with zero attached hydrogens (tertiary/aromatic N) is 1. The number of ether oxygens (including phenoxy) is 1. The van der Waals surface area contributed by atoms with Crippen molar-refractivity contribution in [3.8, 4) is 11.5 Å². The zero-order valence-electron chi connectivity index (χ0n) is 11.7. The molecule has 4 nitrogen and oxygen atoms in total. The Morgan fingerprint density at radius 2 is 2.00 bits per heavy atom. The monoisotopic (exact) mass is 351 g/mol. The van der Waals surface area contributed by atoms with Gasteiger partial charge >= 0.3 is 0 Å². The largest absolute Gasteiger partial charge is 0.452 e. The number of aryl methyl sites for hydroxylation is 2. The van der Waals surface area contributed by atoms with E-state index in [0.29, 0.717) is 12.2 Å². The van der Waals surface area contributed by atoms with Crippen molar-refractivity contribution in [2.75, 3.05) is 0 Å². The molecule has 0 amide bonds. The number of nitrogens with two attached hydrogens (primary N) is 1. The maximum atomic E-state index is 14.3. The molecule has 0 atom stereocenters. The molecule has 110 valence electrons. The highest BCUT2D eigenvalue weighted by atomic mass is 79.9. The first-order valence-corrected chi connectivity index (χ1v) is 7.20. The summed E-state index contributed by atoms with van der Waals surface area (Å²) in [6, 6.07) is 6.58. The van der Waals surface area contributed by atoms with Crippen LogP contribution in [0, 0.1) is 18.2 Å². The van der Waals surface area contributed by atoms with Gasteiger partial charge in [0.15, 0.2) is 11.6 Å². The van der Waals surface area contributed by atoms with Crippen molar-refractivity contribution in [3.05, 3.63) is 51.5 Å². The first-order valence-electron chi connectivity index (χ1n) is 6.40. The molecule has 2 aromatic rings. The normalized spacial score (nSPS) is 10.5. The van der Waals surface area contributed by atoms with Gasteiger partial charge in [0.1, 0.15) is 11.6 Å². The fourth-order valence-corrected chi connectivity index (χ4v) is 2.42. The average molecular weight is 352 g/mol. The van der Waals surface area contributed by atoms with Crippen molar-refractivity contribution < 1.29 is 9.13 Å². The van der Waals surface area contributed by atoms with Gasteiger partial charge in [-0.2, -0.15) is 0 Å². The van der Waals surface area contributed by atoms with Crippen LogP contribution in [0.25, 0.3) is 0 Å². The van der Waals surface area contributed by atoms with E-state index in [0.717, 1.165) is 11.4 Å². The Balaban J connectivity index is 2.41. The topological polar surface area (TPSA) is 72.0 Å². The molecule has 0 radical (unpaired) electrons. The fraction of sp³-hybridized carbons (Fsp3) is 0.200. The molecule has 1 heterocycles. The number of pyridine rings is 1. The Morgan fingerprint density at radius 3 is 2.62 bits per heavy atom. The number of halogens is 2. The summed E-state index contributed by atoms with van der Waals surface area (Å²) >= 11 is 3.10. The summed E-state index contributed by atoms with van der Waals surface area (Å²) < 4.78 is 20.0. The summed E-state index contributed by atoms with van der Waals surface area (Å²) in [7, 11) is 0. The smallest absolute Gasteiger partial charge is 0.180 e. The number of hydrogen-bond donors (Lipinski definition) is 2. The lowest BCUT2D eigenvalue weighted by Gasteiger charge is -2.12. The highest BCUT2D eigenvalue weighted by Gasteiger charge is 2.16. The van der Waals surface area contributed by atoms with Gasteiger partial charge in [-0.15, -0.1) is 0 Å². The molecule has 6 heteroatoms. The fourth-order valence-electron chi connectivity index (χ4n) is 1.88. The molecule has 3 N–H and O–H groups in total. The molecule has 21 heavy (non-hydrogen) atoms.